The molecule has 0 radical (unpaired) electrons. The number of anilines is 1. The van der Waals surface area contributed by atoms with Crippen LogP contribution < -0.4 is 10.1 Å². The zero-order valence-corrected chi connectivity index (χ0v) is 12.8. The number of nitrogens with one attached hydrogen (secondary N) is 1. The molecule has 1 amide bonds. The van der Waals surface area contributed by atoms with Gasteiger partial charge in [0.15, 0.2) is 0 Å². The standard InChI is InChI=1S/C16H16BrNO2/c1-2-20-15-9-3-12(4-10-15)11-16(19)18-14-7-5-13(17)6-8-14/h3-10H,2,11H2,1H3,(H,18,19). The second-order valence-corrected chi connectivity index (χ2v) is 5.22. The third kappa shape index (κ3) is 4.38. The van der Waals surface area contributed by atoms with Crippen LogP contribution in [0.15, 0.2) is 53.0 Å². The zero-order chi connectivity index (χ0) is 14.4. The minimum atomic E-state index is -0.0310. The Labute approximate surface area is 127 Å². The second kappa shape index (κ2) is 7.10. The van der Waals surface area contributed by atoms with Crippen molar-refractivity contribution in [1.29, 1.82) is 0 Å². The average Bonchev–Trinajstić information content (AvgIpc) is 2.44. The van der Waals surface area contributed by atoms with Crippen molar-refractivity contribution in [3.05, 3.63) is 58.6 Å². The number of rotatable bonds is 5. The van der Waals surface area contributed by atoms with E-state index in [1.54, 1.807) is 0 Å². The van der Waals surface area contributed by atoms with E-state index >= 15 is 0 Å². The summed E-state index contributed by atoms with van der Waals surface area (Å²) in [6.45, 7) is 2.59. The first-order valence-electron chi connectivity index (χ1n) is 6.44. The fourth-order valence-electron chi connectivity index (χ4n) is 1.79. The highest BCUT2D eigenvalue weighted by molar-refractivity contribution is 9.10. The van der Waals surface area contributed by atoms with E-state index in [9.17, 15) is 4.79 Å². The molecule has 0 saturated heterocycles. The molecular formula is C16H16BrNO2. The second-order valence-electron chi connectivity index (χ2n) is 4.31. The highest BCUT2D eigenvalue weighted by atomic mass is 79.9. The van der Waals surface area contributed by atoms with Gasteiger partial charge in [-0.3, -0.25) is 4.79 Å². The van der Waals surface area contributed by atoms with Gasteiger partial charge in [-0.2, -0.15) is 0 Å². The van der Waals surface area contributed by atoms with Crippen molar-refractivity contribution in [2.24, 2.45) is 0 Å². The molecular weight excluding hydrogens is 318 g/mol. The topological polar surface area (TPSA) is 38.3 Å². The Morgan fingerprint density at radius 1 is 1.10 bits per heavy atom. The molecule has 2 rings (SSSR count). The van der Waals surface area contributed by atoms with Gasteiger partial charge in [0, 0.05) is 10.2 Å². The monoisotopic (exact) mass is 333 g/mol. The van der Waals surface area contributed by atoms with Crippen LogP contribution in [0.4, 0.5) is 5.69 Å². The molecule has 0 aliphatic carbocycles. The van der Waals surface area contributed by atoms with E-state index in [-0.39, 0.29) is 5.91 Å². The Bertz CT molecular complexity index is 564. The highest BCUT2D eigenvalue weighted by Crippen LogP contribution is 2.15. The van der Waals surface area contributed by atoms with E-state index in [4.69, 9.17) is 4.74 Å². The number of hydrogen-bond donors (Lipinski definition) is 1. The number of carbonyl (C=O) groups is 1. The van der Waals surface area contributed by atoms with Crippen molar-refractivity contribution in [3.63, 3.8) is 0 Å². The van der Waals surface area contributed by atoms with Crippen LogP contribution in [0.25, 0.3) is 0 Å². The summed E-state index contributed by atoms with van der Waals surface area (Å²) in [5.41, 5.74) is 1.76. The van der Waals surface area contributed by atoms with E-state index in [1.165, 1.54) is 0 Å². The predicted molar refractivity (Wildman–Crippen MR) is 84.1 cm³/mol. The maximum Gasteiger partial charge on any atom is 0.228 e. The minimum absolute atomic E-state index is 0.0310. The first kappa shape index (κ1) is 14.6. The Kier molecular flexibility index (Phi) is 5.18. The van der Waals surface area contributed by atoms with E-state index in [0.29, 0.717) is 13.0 Å². The van der Waals surface area contributed by atoms with Gasteiger partial charge >= 0.3 is 0 Å². The summed E-state index contributed by atoms with van der Waals surface area (Å²) >= 11 is 3.36. The Morgan fingerprint density at radius 2 is 1.75 bits per heavy atom. The van der Waals surface area contributed by atoms with Gasteiger partial charge in [-0.05, 0) is 48.9 Å². The quantitative estimate of drug-likeness (QED) is 0.897. The fourth-order valence-corrected chi connectivity index (χ4v) is 2.06. The molecule has 2 aromatic carbocycles. The molecule has 3 nitrogen and oxygen atoms in total. The average molecular weight is 334 g/mol. The Morgan fingerprint density at radius 3 is 2.35 bits per heavy atom. The summed E-state index contributed by atoms with van der Waals surface area (Å²) in [6, 6.07) is 15.1. The van der Waals surface area contributed by atoms with Gasteiger partial charge < -0.3 is 10.1 Å². The van der Waals surface area contributed by atoms with E-state index in [1.807, 2.05) is 55.5 Å². The van der Waals surface area contributed by atoms with Gasteiger partial charge in [-0.25, -0.2) is 0 Å². The summed E-state index contributed by atoms with van der Waals surface area (Å²) in [6.07, 6.45) is 0.350. The predicted octanol–water partition coefficient (Wildman–Crippen LogP) is 4.03. The van der Waals surface area contributed by atoms with Crippen LogP contribution in [0.1, 0.15) is 12.5 Å². The first-order valence-corrected chi connectivity index (χ1v) is 7.24. The van der Waals surface area contributed by atoms with E-state index < -0.39 is 0 Å². The molecule has 2 aromatic rings. The molecule has 0 aliphatic heterocycles. The lowest BCUT2D eigenvalue weighted by atomic mass is 10.1. The molecule has 4 heteroatoms. The fraction of sp³-hybridized carbons (Fsp3) is 0.188. The van der Waals surface area contributed by atoms with Crippen LogP contribution in [-0.2, 0) is 11.2 Å². The molecule has 0 saturated carbocycles. The summed E-state index contributed by atoms with van der Waals surface area (Å²) in [4.78, 5) is 11.9. The number of halogens is 1. The van der Waals surface area contributed by atoms with Crippen molar-refractivity contribution in [2.75, 3.05) is 11.9 Å². The molecule has 0 fully saturated rings. The highest BCUT2D eigenvalue weighted by Gasteiger charge is 2.04. The lowest BCUT2D eigenvalue weighted by Gasteiger charge is -2.07. The number of hydrogen-bond acceptors (Lipinski definition) is 2. The number of amides is 1. The normalized spacial score (nSPS) is 10.1. The minimum Gasteiger partial charge on any atom is -0.494 e. The van der Waals surface area contributed by atoms with E-state index in [0.717, 1.165) is 21.5 Å². The van der Waals surface area contributed by atoms with Gasteiger partial charge in [0.2, 0.25) is 5.91 Å². The molecule has 20 heavy (non-hydrogen) atoms. The number of carbonyl (C=O) groups excluding carboxylic acids is 1. The van der Waals surface area contributed by atoms with Gasteiger partial charge in [-0.15, -0.1) is 0 Å². The molecule has 0 aromatic heterocycles. The van der Waals surface area contributed by atoms with Crippen molar-refractivity contribution in [1.82, 2.24) is 0 Å². The van der Waals surface area contributed by atoms with Gasteiger partial charge in [0.25, 0.3) is 0 Å². The third-order valence-electron chi connectivity index (χ3n) is 2.73. The van der Waals surface area contributed by atoms with Crippen LogP contribution in [0.3, 0.4) is 0 Å². The van der Waals surface area contributed by atoms with Crippen molar-refractivity contribution in [2.45, 2.75) is 13.3 Å². The molecule has 0 bridgehead atoms. The Hall–Kier alpha value is -1.81. The Balaban J connectivity index is 1.92. The molecule has 0 atom stereocenters. The molecule has 1 N–H and O–H groups in total. The van der Waals surface area contributed by atoms with Crippen LogP contribution in [0, 0.1) is 0 Å². The van der Waals surface area contributed by atoms with Crippen molar-refractivity contribution in [3.8, 4) is 5.75 Å². The largest absolute Gasteiger partial charge is 0.494 e. The molecule has 0 aliphatic rings. The van der Waals surface area contributed by atoms with Crippen molar-refractivity contribution >= 4 is 27.5 Å². The zero-order valence-electron chi connectivity index (χ0n) is 11.2. The molecule has 104 valence electrons. The van der Waals surface area contributed by atoms with Crippen LogP contribution in [-0.4, -0.2) is 12.5 Å². The summed E-state index contributed by atoms with van der Waals surface area (Å²) < 4.78 is 6.36. The number of benzene rings is 2. The maximum absolute atomic E-state index is 11.9. The maximum atomic E-state index is 11.9. The van der Waals surface area contributed by atoms with Gasteiger partial charge in [-0.1, -0.05) is 28.1 Å². The van der Waals surface area contributed by atoms with Crippen LogP contribution >= 0.6 is 15.9 Å². The summed E-state index contributed by atoms with van der Waals surface area (Å²) in [5, 5.41) is 2.87. The van der Waals surface area contributed by atoms with E-state index in [2.05, 4.69) is 21.2 Å². The SMILES string of the molecule is CCOc1ccc(CC(=O)Nc2ccc(Br)cc2)cc1. The van der Waals surface area contributed by atoms with Crippen molar-refractivity contribution < 1.29 is 9.53 Å². The molecule has 0 unspecified atom stereocenters. The van der Waals surface area contributed by atoms with Gasteiger partial charge in [0.1, 0.15) is 5.75 Å². The molecule has 0 spiro atoms. The number of ether oxygens (including phenoxy) is 1. The smallest absolute Gasteiger partial charge is 0.228 e. The lowest BCUT2D eigenvalue weighted by molar-refractivity contribution is -0.115. The third-order valence-corrected chi connectivity index (χ3v) is 3.26. The first-order chi connectivity index (χ1) is 9.67. The van der Waals surface area contributed by atoms with Gasteiger partial charge in [0.05, 0.1) is 13.0 Å². The summed E-state index contributed by atoms with van der Waals surface area (Å²) in [7, 11) is 0. The van der Waals surface area contributed by atoms with Crippen LogP contribution in [0.2, 0.25) is 0 Å². The summed E-state index contributed by atoms with van der Waals surface area (Å²) in [5.74, 6) is 0.793. The lowest BCUT2D eigenvalue weighted by Crippen LogP contribution is -2.14. The molecule has 0 heterocycles. The van der Waals surface area contributed by atoms with Crippen LogP contribution in [0.5, 0.6) is 5.75 Å².